The van der Waals surface area contributed by atoms with Crippen LogP contribution in [0.25, 0.3) is 0 Å². The van der Waals surface area contributed by atoms with Gasteiger partial charge in [0.05, 0.1) is 14.2 Å². The number of carbonyl (C=O) groups excluding carboxylic acids is 2. The van der Waals surface area contributed by atoms with Gasteiger partial charge in [0.25, 0.3) is 5.91 Å². The zero-order chi connectivity index (χ0) is 23.2. The third-order valence-corrected chi connectivity index (χ3v) is 6.33. The van der Waals surface area contributed by atoms with Crippen molar-refractivity contribution in [3.8, 4) is 11.5 Å². The van der Waals surface area contributed by atoms with E-state index >= 15 is 0 Å². The van der Waals surface area contributed by atoms with Gasteiger partial charge in [0.15, 0.2) is 16.6 Å². The zero-order valence-electron chi connectivity index (χ0n) is 18.6. The highest BCUT2D eigenvalue weighted by Crippen LogP contribution is 2.28. The van der Waals surface area contributed by atoms with E-state index in [2.05, 4.69) is 22.4 Å². The fourth-order valence-corrected chi connectivity index (χ4v) is 4.46. The predicted molar refractivity (Wildman–Crippen MR) is 127 cm³/mol. The molecule has 1 aromatic heterocycles. The summed E-state index contributed by atoms with van der Waals surface area (Å²) in [6.45, 7) is 2.19. The van der Waals surface area contributed by atoms with E-state index < -0.39 is 0 Å². The summed E-state index contributed by atoms with van der Waals surface area (Å²) in [4.78, 5) is 33.3. The maximum Gasteiger partial charge on any atom is 0.326 e. The summed E-state index contributed by atoms with van der Waals surface area (Å²) in [7, 11) is 3.15. The topological polar surface area (TPSA) is 84.0 Å². The van der Waals surface area contributed by atoms with Crippen molar-refractivity contribution in [2.45, 2.75) is 13.0 Å². The van der Waals surface area contributed by atoms with E-state index in [0.717, 1.165) is 12.0 Å². The summed E-state index contributed by atoms with van der Waals surface area (Å²) in [5.41, 5.74) is 2.37. The summed E-state index contributed by atoms with van der Waals surface area (Å²) < 4.78 is 10.5. The molecule has 3 aromatic rings. The molecular weight excluding hydrogens is 440 g/mol. The van der Waals surface area contributed by atoms with Gasteiger partial charge in [0.2, 0.25) is 0 Å². The van der Waals surface area contributed by atoms with E-state index in [4.69, 9.17) is 9.47 Å². The second kappa shape index (κ2) is 10.4. The molecule has 0 saturated carbocycles. The summed E-state index contributed by atoms with van der Waals surface area (Å²) >= 11 is 1.30. The van der Waals surface area contributed by atoms with Gasteiger partial charge in [-0.05, 0) is 29.7 Å². The van der Waals surface area contributed by atoms with Crippen molar-refractivity contribution in [2.75, 3.05) is 38.8 Å². The standard InChI is InChI=1S/C24H26N4O4S/c1-31-20-9-8-18(14-21(20)32-2)15-25-22(29)19-16-33-23(26-19)28-13-12-27(24(28)30)11-10-17-6-4-3-5-7-17/h3-9,14,16H,10-13,15H2,1-2H3,(H,25,29). The largest absolute Gasteiger partial charge is 0.493 e. The van der Waals surface area contributed by atoms with Crippen LogP contribution in [-0.4, -0.2) is 55.7 Å². The van der Waals surface area contributed by atoms with Gasteiger partial charge in [0, 0.05) is 31.6 Å². The molecule has 4 rings (SSSR count). The van der Waals surface area contributed by atoms with E-state index in [1.807, 2.05) is 35.2 Å². The molecule has 172 valence electrons. The molecule has 0 aliphatic carbocycles. The molecule has 0 spiro atoms. The van der Waals surface area contributed by atoms with Gasteiger partial charge in [-0.1, -0.05) is 36.4 Å². The number of ether oxygens (including phenoxy) is 2. The SMILES string of the molecule is COc1ccc(CNC(=O)c2csc(N3CCN(CCc4ccccc4)C3=O)n2)cc1OC. The number of nitrogens with one attached hydrogen (secondary N) is 1. The van der Waals surface area contributed by atoms with E-state index in [-0.39, 0.29) is 11.9 Å². The van der Waals surface area contributed by atoms with Crippen LogP contribution in [0.15, 0.2) is 53.9 Å². The van der Waals surface area contributed by atoms with Gasteiger partial charge in [0.1, 0.15) is 5.69 Å². The lowest BCUT2D eigenvalue weighted by molar-refractivity contribution is 0.0946. The van der Waals surface area contributed by atoms with Gasteiger partial charge in [-0.2, -0.15) is 0 Å². The van der Waals surface area contributed by atoms with Crippen LogP contribution in [-0.2, 0) is 13.0 Å². The summed E-state index contributed by atoms with van der Waals surface area (Å²) in [6.07, 6.45) is 0.808. The second-order valence-electron chi connectivity index (χ2n) is 7.54. The molecule has 0 unspecified atom stereocenters. The van der Waals surface area contributed by atoms with Crippen LogP contribution < -0.4 is 19.7 Å². The fraction of sp³-hybridized carbons (Fsp3) is 0.292. The Morgan fingerprint density at radius 2 is 1.85 bits per heavy atom. The van der Waals surface area contributed by atoms with Crippen LogP contribution in [0.1, 0.15) is 21.6 Å². The van der Waals surface area contributed by atoms with Crippen molar-refractivity contribution in [1.29, 1.82) is 0 Å². The number of rotatable bonds is 9. The number of amides is 3. The first-order chi connectivity index (χ1) is 16.1. The number of aromatic nitrogens is 1. The molecule has 0 bridgehead atoms. The maximum absolute atomic E-state index is 12.8. The first-order valence-corrected chi connectivity index (χ1v) is 11.5. The molecule has 8 nitrogen and oxygen atoms in total. The van der Waals surface area contributed by atoms with Crippen LogP contribution in [0, 0.1) is 0 Å². The first kappa shape index (κ1) is 22.6. The fourth-order valence-electron chi connectivity index (χ4n) is 3.63. The third-order valence-electron chi connectivity index (χ3n) is 5.46. The Morgan fingerprint density at radius 1 is 1.06 bits per heavy atom. The quantitative estimate of drug-likeness (QED) is 0.521. The molecule has 2 heterocycles. The lowest BCUT2D eigenvalue weighted by Crippen LogP contribution is -2.33. The minimum Gasteiger partial charge on any atom is -0.493 e. The Morgan fingerprint density at radius 3 is 2.61 bits per heavy atom. The number of nitrogens with zero attached hydrogens (tertiary/aromatic N) is 3. The monoisotopic (exact) mass is 466 g/mol. The van der Waals surface area contributed by atoms with Crippen LogP contribution in [0.3, 0.4) is 0 Å². The minimum atomic E-state index is -0.292. The molecule has 1 aliphatic rings. The average molecular weight is 467 g/mol. The Labute approximate surface area is 196 Å². The number of urea groups is 1. The number of methoxy groups -OCH3 is 2. The van der Waals surface area contributed by atoms with Crippen molar-refractivity contribution >= 4 is 28.4 Å². The summed E-state index contributed by atoms with van der Waals surface area (Å²) in [5.74, 6) is 0.939. The van der Waals surface area contributed by atoms with E-state index in [0.29, 0.717) is 48.5 Å². The number of anilines is 1. The zero-order valence-corrected chi connectivity index (χ0v) is 19.4. The lowest BCUT2D eigenvalue weighted by Gasteiger charge is -2.16. The van der Waals surface area contributed by atoms with Crippen LogP contribution in [0.4, 0.5) is 9.93 Å². The Bertz CT molecular complexity index is 1120. The maximum atomic E-state index is 12.8. The molecule has 33 heavy (non-hydrogen) atoms. The minimum absolute atomic E-state index is 0.0717. The highest BCUT2D eigenvalue weighted by molar-refractivity contribution is 7.14. The van der Waals surface area contributed by atoms with Gasteiger partial charge >= 0.3 is 6.03 Å². The van der Waals surface area contributed by atoms with Gasteiger partial charge in [-0.25, -0.2) is 9.78 Å². The molecule has 1 N–H and O–H groups in total. The van der Waals surface area contributed by atoms with Gasteiger partial charge in [-0.15, -0.1) is 11.3 Å². The predicted octanol–water partition coefficient (Wildman–Crippen LogP) is 3.58. The molecular formula is C24H26N4O4S. The number of carbonyl (C=O) groups is 2. The third kappa shape index (κ3) is 5.25. The van der Waals surface area contributed by atoms with Crippen molar-refractivity contribution in [3.05, 3.63) is 70.7 Å². The molecule has 2 aromatic carbocycles. The molecule has 1 aliphatic heterocycles. The van der Waals surface area contributed by atoms with E-state index in [1.54, 1.807) is 30.6 Å². The van der Waals surface area contributed by atoms with Gasteiger partial charge in [-0.3, -0.25) is 9.69 Å². The van der Waals surface area contributed by atoms with Crippen molar-refractivity contribution < 1.29 is 19.1 Å². The number of hydrogen-bond donors (Lipinski definition) is 1. The van der Waals surface area contributed by atoms with Crippen molar-refractivity contribution in [1.82, 2.24) is 15.2 Å². The van der Waals surface area contributed by atoms with Crippen molar-refractivity contribution in [2.24, 2.45) is 0 Å². The average Bonchev–Trinajstić information content (AvgIpc) is 3.48. The second-order valence-corrected chi connectivity index (χ2v) is 8.38. The van der Waals surface area contributed by atoms with E-state index in [9.17, 15) is 9.59 Å². The molecule has 9 heteroatoms. The number of hydrogen-bond acceptors (Lipinski definition) is 6. The highest BCUT2D eigenvalue weighted by atomic mass is 32.1. The molecule has 3 amide bonds. The molecule has 0 atom stereocenters. The number of thiazole rings is 1. The van der Waals surface area contributed by atoms with E-state index in [1.165, 1.54) is 16.9 Å². The van der Waals surface area contributed by atoms with Crippen LogP contribution >= 0.6 is 11.3 Å². The Balaban J connectivity index is 1.33. The molecule has 1 fully saturated rings. The summed E-state index contributed by atoms with van der Waals surface area (Å²) in [6, 6.07) is 15.5. The smallest absolute Gasteiger partial charge is 0.326 e. The number of benzene rings is 2. The van der Waals surface area contributed by atoms with Crippen LogP contribution in [0.2, 0.25) is 0 Å². The highest BCUT2D eigenvalue weighted by Gasteiger charge is 2.31. The first-order valence-electron chi connectivity index (χ1n) is 10.6. The summed E-state index contributed by atoms with van der Waals surface area (Å²) in [5, 5.41) is 5.08. The molecule has 0 radical (unpaired) electrons. The van der Waals surface area contributed by atoms with Crippen LogP contribution in [0.5, 0.6) is 11.5 Å². The lowest BCUT2D eigenvalue weighted by atomic mass is 10.1. The van der Waals surface area contributed by atoms with Crippen molar-refractivity contribution in [3.63, 3.8) is 0 Å². The normalized spacial score (nSPS) is 13.3. The molecule has 1 saturated heterocycles. The Kier molecular flexibility index (Phi) is 7.09. The Hall–Kier alpha value is -3.59. The van der Waals surface area contributed by atoms with Gasteiger partial charge < -0.3 is 19.7 Å².